The van der Waals surface area contributed by atoms with Crippen LogP contribution in [0.1, 0.15) is 133 Å². The molecule has 3 fully saturated rings. The minimum absolute atomic E-state index is 0.00307. The van der Waals surface area contributed by atoms with E-state index >= 15 is 0 Å². The van der Waals surface area contributed by atoms with Crippen LogP contribution in [0.4, 0.5) is 0 Å². The van der Waals surface area contributed by atoms with Gasteiger partial charge in [0.25, 0.3) is 0 Å². The smallest absolute Gasteiger partial charge is 0.246 e. The number of phenolic OH excluding ortho intramolecular Hbond substituents is 1. The van der Waals surface area contributed by atoms with Gasteiger partial charge in [-0.2, -0.15) is 0 Å². The number of carbonyl (C=O) groups excluding carboxylic acids is 8. The highest BCUT2D eigenvalue weighted by Crippen LogP contribution is 2.25. The van der Waals surface area contributed by atoms with Crippen LogP contribution in [0.25, 0.3) is 0 Å². The van der Waals surface area contributed by atoms with Gasteiger partial charge in [0.15, 0.2) is 0 Å². The van der Waals surface area contributed by atoms with Crippen LogP contribution in [0.2, 0.25) is 0 Å². The number of aliphatic hydroxyl groups is 1. The zero-order valence-corrected chi connectivity index (χ0v) is 41.9. The summed E-state index contributed by atoms with van der Waals surface area (Å²) < 4.78 is 0. The fourth-order valence-electron chi connectivity index (χ4n) is 9.35. The molecule has 3 saturated heterocycles. The predicted molar refractivity (Wildman–Crippen MR) is 256 cm³/mol. The molecule has 8 N–H and O–H groups in total. The van der Waals surface area contributed by atoms with Gasteiger partial charge in [-0.05, 0) is 85.8 Å². The van der Waals surface area contributed by atoms with Crippen LogP contribution >= 0.6 is 0 Å². The second-order valence-corrected chi connectivity index (χ2v) is 20.6. The Bertz CT molecular complexity index is 1930. The number of hydrogen-bond donors (Lipinski definition) is 8. The van der Waals surface area contributed by atoms with Crippen LogP contribution in [-0.4, -0.2) is 135 Å². The van der Waals surface area contributed by atoms with Gasteiger partial charge < -0.3 is 51.9 Å². The molecule has 0 aromatic heterocycles. The minimum atomic E-state index is -1.41. The van der Waals surface area contributed by atoms with E-state index in [0.29, 0.717) is 44.1 Å². The molecular formula is C50H80N8O10. The van der Waals surface area contributed by atoms with E-state index in [1.54, 1.807) is 26.0 Å². The van der Waals surface area contributed by atoms with Crippen LogP contribution in [0, 0.1) is 29.6 Å². The predicted octanol–water partition coefficient (Wildman–Crippen LogP) is 2.43. The zero-order valence-electron chi connectivity index (χ0n) is 41.9. The molecule has 3 aliphatic rings. The average Bonchev–Trinajstić information content (AvgIpc) is 3.99. The van der Waals surface area contributed by atoms with Gasteiger partial charge >= 0.3 is 0 Å². The number of rotatable bonds is 11. The number of aliphatic hydroxyl groups excluding tert-OH is 1. The summed E-state index contributed by atoms with van der Waals surface area (Å²) in [4.78, 5) is 117. The van der Waals surface area contributed by atoms with E-state index in [0.717, 1.165) is 0 Å². The van der Waals surface area contributed by atoms with Crippen molar-refractivity contribution in [3.63, 3.8) is 0 Å². The minimum Gasteiger partial charge on any atom is -0.508 e. The first kappa shape index (κ1) is 55.3. The summed E-state index contributed by atoms with van der Waals surface area (Å²) in [5.74, 6) is -5.98. The summed E-state index contributed by atoms with van der Waals surface area (Å²) >= 11 is 0. The highest BCUT2D eigenvalue weighted by atomic mass is 16.3. The molecule has 11 atom stereocenters. The van der Waals surface area contributed by atoms with E-state index in [9.17, 15) is 48.6 Å². The van der Waals surface area contributed by atoms with Gasteiger partial charge in [-0.15, -0.1) is 0 Å². The Morgan fingerprint density at radius 2 is 1.06 bits per heavy atom. The van der Waals surface area contributed by atoms with Gasteiger partial charge in [-0.25, -0.2) is 0 Å². The Morgan fingerprint density at radius 1 is 0.574 bits per heavy atom. The zero-order chi connectivity index (χ0) is 50.6. The molecule has 68 heavy (non-hydrogen) atoms. The number of aromatic hydroxyl groups is 1. The molecule has 0 bridgehead atoms. The van der Waals surface area contributed by atoms with Gasteiger partial charge in [0.05, 0.1) is 18.6 Å². The number of benzene rings is 1. The third kappa shape index (κ3) is 14.9. The lowest BCUT2D eigenvalue weighted by Crippen LogP contribution is -2.62. The van der Waals surface area contributed by atoms with Gasteiger partial charge in [0, 0.05) is 19.5 Å². The number of carbonyl (C=O) groups is 8. The van der Waals surface area contributed by atoms with Gasteiger partial charge in [-0.3, -0.25) is 38.4 Å². The van der Waals surface area contributed by atoms with Gasteiger partial charge in [0.1, 0.15) is 48.0 Å². The first-order valence-electron chi connectivity index (χ1n) is 24.9. The quantitative estimate of drug-likeness (QED) is 0.161. The summed E-state index contributed by atoms with van der Waals surface area (Å²) in [5.41, 5.74) is 0.582. The monoisotopic (exact) mass is 953 g/mol. The molecule has 3 aliphatic heterocycles. The largest absolute Gasteiger partial charge is 0.508 e. The summed E-state index contributed by atoms with van der Waals surface area (Å²) in [6.45, 7) is 19.0. The van der Waals surface area contributed by atoms with Crippen LogP contribution in [0.15, 0.2) is 24.3 Å². The second-order valence-electron chi connectivity index (χ2n) is 20.6. The van der Waals surface area contributed by atoms with E-state index in [1.165, 1.54) is 21.9 Å². The first-order chi connectivity index (χ1) is 32.1. The maximum absolute atomic E-state index is 14.6. The highest BCUT2D eigenvalue weighted by Gasteiger charge is 2.44. The van der Waals surface area contributed by atoms with E-state index in [2.05, 4.69) is 31.9 Å². The van der Waals surface area contributed by atoms with E-state index in [-0.39, 0.29) is 55.9 Å². The Morgan fingerprint density at radius 3 is 1.59 bits per heavy atom. The highest BCUT2D eigenvalue weighted by molar-refractivity contribution is 5.98. The number of phenols is 1. The fourth-order valence-corrected chi connectivity index (χ4v) is 9.35. The summed E-state index contributed by atoms with van der Waals surface area (Å²) in [6, 6.07) is -2.37. The molecule has 3 heterocycles. The van der Waals surface area contributed by atoms with Crippen LogP contribution in [0.5, 0.6) is 5.75 Å². The van der Waals surface area contributed by atoms with Crippen molar-refractivity contribution in [3.05, 3.63) is 29.8 Å². The molecule has 1 aromatic carbocycles. The summed E-state index contributed by atoms with van der Waals surface area (Å²) in [5, 5.41) is 38.8. The first-order valence-corrected chi connectivity index (χ1v) is 24.9. The maximum Gasteiger partial charge on any atom is 0.246 e. The lowest BCUT2D eigenvalue weighted by atomic mass is 9.93. The summed E-state index contributed by atoms with van der Waals surface area (Å²) in [7, 11) is 0. The van der Waals surface area contributed by atoms with Gasteiger partial charge in [0.2, 0.25) is 47.3 Å². The second kappa shape index (κ2) is 25.4. The number of amides is 8. The lowest BCUT2D eigenvalue weighted by Gasteiger charge is -2.35. The molecule has 18 nitrogen and oxygen atoms in total. The number of nitrogens with one attached hydrogen (secondary N) is 6. The Hall–Kier alpha value is -5.26. The molecule has 0 radical (unpaired) electrons. The number of fused-ring (bicyclic) bond motifs is 2. The topological polar surface area (TPSA) is 256 Å². The van der Waals surface area contributed by atoms with Crippen molar-refractivity contribution in [3.8, 4) is 5.75 Å². The molecule has 380 valence electrons. The average molecular weight is 953 g/mol. The number of nitrogens with zero attached hydrogens (tertiary/aromatic N) is 2. The Labute approximate surface area is 402 Å². The maximum atomic E-state index is 14.6. The standard InChI is InChI=1S/C50H80N8O10/c1-11-30(9)42-48(66)56-43(31(10)12-2)50(68)58-22-14-15-37(58)46(64)52-34(23-27(3)4)39(60)26-40(61)51-36(25-32-17-19-33(59)20-18-32)45(63)54-41(29(7)8)49(67)57-21-13-16-38(57)47(65)53-35(24-28(5)6)44(62)55-42/h17-20,27-31,34-39,41-43,59-60H,11-16,21-26H2,1-10H3,(H,51,61)(H,52,64)(H,53,65)(H,54,63)(H,55,62)(H,56,66)/t30?,31-,34-,35+,36+,37+,38+,39-,41?,42+,43?/m1/s1. The van der Waals surface area contributed by atoms with Crippen molar-refractivity contribution in [1.29, 1.82) is 0 Å². The molecule has 0 spiro atoms. The number of hydrogen-bond acceptors (Lipinski definition) is 10. The molecule has 8 amide bonds. The van der Waals surface area contributed by atoms with Crippen LogP contribution in [-0.2, 0) is 44.8 Å². The lowest BCUT2D eigenvalue weighted by molar-refractivity contribution is -0.144. The Kier molecular flexibility index (Phi) is 20.7. The molecular weight excluding hydrogens is 873 g/mol. The van der Waals surface area contributed by atoms with Gasteiger partial charge in [-0.1, -0.05) is 94.2 Å². The van der Waals surface area contributed by atoms with Crippen LogP contribution in [0.3, 0.4) is 0 Å². The van der Waals surface area contributed by atoms with Crippen molar-refractivity contribution in [2.45, 2.75) is 188 Å². The third-order valence-electron chi connectivity index (χ3n) is 13.8. The van der Waals surface area contributed by atoms with Crippen LogP contribution < -0.4 is 31.9 Å². The van der Waals surface area contributed by atoms with Crippen molar-refractivity contribution in [1.82, 2.24) is 41.7 Å². The Balaban J connectivity index is 1.79. The van der Waals surface area contributed by atoms with E-state index in [4.69, 9.17) is 0 Å². The molecule has 0 aliphatic carbocycles. The molecule has 3 unspecified atom stereocenters. The summed E-state index contributed by atoms with van der Waals surface area (Å²) in [6.07, 6.45) is 1.13. The molecule has 4 rings (SSSR count). The van der Waals surface area contributed by atoms with Crippen molar-refractivity contribution in [2.24, 2.45) is 29.6 Å². The molecule has 1 aromatic rings. The third-order valence-corrected chi connectivity index (χ3v) is 13.8. The SMILES string of the molecule is CCC(C)[C@@H]1NC(=O)[C@H](CC(C)C)NC(=O)[C@@H]2CCCN2C(=O)C(C(C)C)NC(=O)[C@H](Cc2ccc(O)cc2)NC(=O)C[C@@H](O)[C@@H](CC(C)C)NC(=O)[C@@H]2CCCN2C(=O)C([C@H](C)CC)NC1=O. The fraction of sp³-hybridized carbons (Fsp3) is 0.720. The molecule has 0 saturated carbocycles. The van der Waals surface area contributed by atoms with Crippen molar-refractivity contribution in [2.75, 3.05) is 13.1 Å². The van der Waals surface area contributed by atoms with Crippen molar-refractivity contribution < 1.29 is 48.6 Å². The normalized spacial score (nSPS) is 28.9. The van der Waals surface area contributed by atoms with E-state index < -0.39 is 120 Å². The van der Waals surface area contributed by atoms with Crippen molar-refractivity contribution >= 4 is 47.3 Å². The molecule has 18 heteroatoms. The van der Waals surface area contributed by atoms with E-state index in [1.807, 2.05) is 55.4 Å².